The van der Waals surface area contributed by atoms with E-state index in [0.717, 1.165) is 18.7 Å². The van der Waals surface area contributed by atoms with Gasteiger partial charge in [0, 0.05) is 19.3 Å². The molecule has 0 spiro atoms. The van der Waals surface area contributed by atoms with Gasteiger partial charge >= 0.3 is 0 Å². The van der Waals surface area contributed by atoms with Crippen LogP contribution in [0.2, 0.25) is 0 Å². The van der Waals surface area contributed by atoms with Crippen LogP contribution in [0.25, 0.3) is 0 Å². The summed E-state index contributed by atoms with van der Waals surface area (Å²) >= 11 is 5.16. The Morgan fingerprint density at radius 2 is 2.27 bits per heavy atom. The predicted molar refractivity (Wildman–Crippen MR) is 65.7 cm³/mol. The number of rotatable bonds is 3. The number of halogens is 1. The Morgan fingerprint density at radius 3 is 2.87 bits per heavy atom. The Bertz CT molecular complexity index is 341. The second-order valence-corrected chi connectivity index (χ2v) is 3.66. The second kappa shape index (κ2) is 5.66. The fourth-order valence-electron chi connectivity index (χ4n) is 1.15. The van der Waals surface area contributed by atoms with Crippen LogP contribution in [-0.2, 0) is 0 Å². The minimum atomic E-state index is -0.252. The van der Waals surface area contributed by atoms with E-state index >= 15 is 0 Å². The van der Waals surface area contributed by atoms with E-state index in [4.69, 9.17) is 12.2 Å². The molecular formula is C11H15FN2S. The third-order valence-corrected chi connectivity index (χ3v) is 2.44. The topological polar surface area (TPSA) is 15.3 Å². The van der Waals surface area contributed by atoms with E-state index in [1.165, 1.54) is 12.1 Å². The Balaban J connectivity index is 2.67. The van der Waals surface area contributed by atoms with Gasteiger partial charge in [-0.1, -0.05) is 13.0 Å². The highest BCUT2D eigenvalue weighted by Crippen LogP contribution is 2.13. The summed E-state index contributed by atoms with van der Waals surface area (Å²) in [5.74, 6) is -0.252. The van der Waals surface area contributed by atoms with Crippen LogP contribution >= 0.6 is 12.2 Å². The second-order valence-electron chi connectivity index (χ2n) is 3.27. The average Bonchev–Trinajstić information content (AvgIpc) is 2.24. The number of benzene rings is 1. The monoisotopic (exact) mass is 226 g/mol. The lowest BCUT2D eigenvalue weighted by Gasteiger charge is -2.20. The Labute approximate surface area is 95.1 Å². The van der Waals surface area contributed by atoms with Crippen LogP contribution in [0.1, 0.15) is 13.3 Å². The molecule has 0 saturated carbocycles. The molecule has 0 unspecified atom stereocenters. The standard InChI is InChI=1S/C11H15FN2S/c1-3-7-13-11(15)14(2)10-6-4-5-9(12)8-10/h4-6,8H,3,7H2,1-2H3,(H,13,15). The third kappa shape index (κ3) is 3.47. The first-order valence-corrected chi connectivity index (χ1v) is 5.33. The van der Waals surface area contributed by atoms with Crippen molar-refractivity contribution in [3.8, 4) is 0 Å². The molecule has 4 heteroatoms. The van der Waals surface area contributed by atoms with E-state index in [2.05, 4.69) is 12.2 Å². The van der Waals surface area contributed by atoms with Gasteiger partial charge in [0.2, 0.25) is 0 Å². The maximum Gasteiger partial charge on any atom is 0.173 e. The predicted octanol–water partition coefficient (Wildman–Crippen LogP) is 2.55. The van der Waals surface area contributed by atoms with Gasteiger partial charge in [-0.25, -0.2) is 4.39 Å². The van der Waals surface area contributed by atoms with E-state index in [1.54, 1.807) is 11.0 Å². The van der Waals surface area contributed by atoms with Crippen molar-refractivity contribution in [1.29, 1.82) is 0 Å². The quantitative estimate of drug-likeness (QED) is 0.797. The molecule has 1 aromatic rings. The molecule has 1 N–H and O–H groups in total. The maximum atomic E-state index is 13.0. The van der Waals surface area contributed by atoms with Crippen molar-refractivity contribution in [1.82, 2.24) is 5.32 Å². The number of thiocarbonyl (C=S) groups is 1. The molecule has 0 saturated heterocycles. The summed E-state index contributed by atoms with van der Waals surface area (Å²) in [4.78, 5) is 1.76. The fraction of sp³-hybridized carbons (Fsp3) is 0.364. The first kappa shape index (κ1) is 11.9. The van der Waals surface area contributed by atoms with E-state index in [-0.39, 0.29) is 5.82 Å². The van der Waals surface area contributed by atoms with Crippen LogP contribution in [0.5, 0.6) is 0 Å². The first-order valence-electron chi connectivity index (χ1n) is 4.92. The summed E-state index contributed by atoms with van der Waals surface area (Å²) in [5, 5.41) is 3.70. The molecule has 0 aliphatic carbocycles. The molecule has 15 heavy (non-hydrogen) atoms. The summed E-state index contributed by atoms with van der Waals surface area (Å²) in [6.45, 7) is 2.90. The molecule has 0 radical (unpaired) electrons. The van der Waals surface area contributed by atoms with Crippen molar-refractivity contribution in [3.63, 3.8) is 0 Å². The van der Waals surface area contributed by atoms with E-state index in [1.807, 2.05) is 13.1 Å². The Morgan fingerprint density at radius 1 is 1.53 bits per heavy atom. The fourth-order valence-corrected chi connectivity index (χ4v) is 1.36. The lowest BCUT2D eigenvalue weighted by atomic mass is 10.3. The Hall–Kier alpha value is -1.16. The molecular weight excluding hydrogens is 211 g/mol. The van der Waals surface area contributed by atoms with Gasteiger partial charge < -0.3 is 10.2 Å². The first-order chi connectivity index (χ1) is 7.15. The van der Waals surface area contributed by atoms with Gasteiger partial charge in [-0.2, -0.15) is 0 Å². The number of nitrogens with zero attached hydrogens (tertiary/aromatic N) is 1. The maximum absolute atomic E-state index is 13.0. The van der Waals surface area contributed by atoms with Crippen LogP contribution < -0.4 is 10.2 Å². The van der Waals surface area contributed by atoms with Crippen LogP contribution in [0.4, 0.5) is 10.1 Å². The van der Waals surface area contributed by atoms with Crippen molar-refractivity contribution < 1.29 is 4.39 Å². The number of anilines is 1. The number of nitrogens with one attached hydrogen (secondary N) is 1. The molecule has 0 heterocycles. The van der Waals surface area contributed by atoms with Gasteiger partial charge in [0.15, 0.2) is 5.11 Å². The molecule has 0 aliphatic heterocycles. The SMILES string of the molecule is CCCNC(=S)N(C)c1cccc(F)c1. The zero-order valence-corrected chi connectivity index (χ0v) is 9.77. The highest BCUT2D eigenvalue weighted by molar-refractivity contribution is 7.80. The van der Waals surface area contributed by atoms with Crippen molar-refractivity contribution in [3.05, 3.63) is 30.1 Å². The lowest BCUT2D eigenvalue weighted by Crippen LogP contribution is -2.37. The van der Waals surface area contributed by atoms with E-state index in [9.17, 15) is 4.39 Å². The van der Waals surface area contributed by atoms with Gasteiger partial charge in [-0.3, -0.25) is 0 Å². The number of hydrogen-bond acceptors (Lipinski definition) is 1. The van der Waals surface area contributed by atoms with Crippen LogP contribution in [-0.4, -0.2) is 18.7 Å². The summed E-state index contributed by atoms with van der Waals surface area (Å²) in [6.07, 6.45) is 1.01. The van der Waals surface area contributed by atoms with Crippen LogP contribution in [0.15, 0.2) is 24.3 Å². The largest absolute Gasteiger partial charge is 0.362 e. The van der Waals surface area contributed by atoms with Crippen molar-refractivity contribution in [2.24, 2.45) is 0 Å². The molecule has 82 valence electrons. The summed E-state index contributed by atoms with van der Waals surface area (Å²) < 4.78 is 13.0. The highest BCUT2D eigenvalue weighted by Gasteiger charge is 2.06. The molecule has 0 atom stereocenters. The third-order valence-electron chi connectivity index (χ3n) is 2.03. The van der Waals surface area contributed by atoms with Crippen molar-refractivity contribution >= 4 is 23.0 Å². The molecule has 0 aromatic heterocycles. The smallest absolute Gasteiger partial charge is 0.173 e. The molecule has 1 rings (SSSR count). The zero-order valence-electron chi connectivity index (χ0n) is 8.96. The van der Waals surface area contributed by atoms with Gasteiger partial charge in [0.25, 0.3) is 0 Å². The molecule has 1 aromatic carbocycles. The van der Waals surface area contributed by atoms with E-state index < -0.39 is 0 Å². The number of hydrogen-bond donors (Lipinski definition) is 1. The van der Waals surface area contributed by atoms with Crippen molar-refractivity contribution in [2.45, 2.75) is 13.3 Å². The molecule has 2 nitrogen and oxygen atoms in total. The van der Waals surface area contributed by atoms with Crippen LogP contribution in [0.3, 0.4) is 0 Å². The zero-order chi connectivity index (χ0) is 11.3. The van der Waals surface area contributed by atoms with Gasteiger partial charge in [0.05, 0.1) is 0 Å². The molecule has 0 aliphatic rings. The highest BCUT2D eigenvalue weighted by atomic mass is 32.1. The average molecular weight is 226 g/mol. The summed E-state index contributed by atoms with van der Waals surface area (Å²) in [5.41, 5.74) is 0.753. The minimum absolute atomic E-state index is 0.252. The Kier molecular flexibility index (Phi) is 4.49. The van der Waals surface area contributed by atoms with Gasteiger partial charge in [-0.15, -0.1) is 0 Å². The normalized spacial score (nSPS) is 9.80. The van der Waals surface area contributed by atoms with Crippen molar-refractivity contribution in [2.75, 3.05) is 18.5 Å². The summed E-state index contributed by atoms with van der Waals surface area (Å²) in [6, 6.07) is 6.37. The minimum Gasteiger partial charge on any atom is -0.362 e. The van der Waals surface area contributed by atoms with Gasteiger partial charge in [0.1, 0.15) is 5.82 Å². The summed E-state index contributed by atoms with van der Waals surface area (Å²) in [7, 11) is 1.82. The molecule has 0 fully saturated rings. The van der Waals surface area contributed by atoms with Gasteiger partial charge in [-0.05, 0) is 36.8 Å². The molecule has 0 amide bonds. The van der Waals surface area contributed by atoms with E-state index in [0.29, 0.717) is 5.11 Å². The lowest BCUT2D eigenvalue weighted by molar-refractivity contribution is 0.628. The van der Waals surface area contributed by atoms with Crippen LogP contribution in [0, 0.1) is 5.82 Å². The molecule has 0 bridgehead atoms.